The number of benzene rings is 1. The van der Waals surface area contributed by atoms with Crippen LogP contribution in [-0.2, 0) is 12.2 Å². The molecule has 100 valence electrons. The Morgan fingerprint density at radius 3 is 2.58 bits per heavy atom. The van der Waals surface area contributed by atoms with Crippen molar-refractivity contribution < 1.29 is 0 Å². The fourth-order valence-electron chi connectivity index (χ4n) is 1.84. The third kappa shape index (κ3) is 3.70. The fraction of sp³-hybridized carbons (Fsp3) is 0.286. The normalized spacial score (nSPS) is 10.7. The summed E-state index contributed by atoms with van der Waals surface area (Å²) in [6.07, 6.45) is 0.717. The standard InChI is InChI=1S/C14H15BrN2OS/c1-3-12-9(2)16-13(17-14(12)18)8-19-11-6-4-10(15)5-7-11/h4-7H,3,8H2,1-2H3,(H,16,17,18). The number of nitrogens with zero attached hydrogens (tertiary/aromatic N) is 1. The topological polar surface area (TPSA) is 45.8 Å². The molecule has 5 heteroatoms. The average Bonchev–Trinajstić information content (AvgIpc) is 2.38. The molecule has 3 nitrogen and oxygen atoms in total. The van der Waals surface area contributed by atoms with E-state index in [2.05, 4.69) is 25.9 Å². The van der Waals surface area contributed by atoms with Gasteiger partial charge in [-0.15, -0.1) is 11.8 Å². The molecule has 0 saturated heterocycles. The van der Waals surface area contributed by atoms with Gasteiger partial charge in [0.2, 0.25) is 0 Å². The van der Waals surface area contributed by atoms with Crippen molar-refractivity contribution in [1.82, 2.24) is 9.97 Å². The van der Waals surface area contributed by atoms with Gasteiger partial charge in [-0.25, -0.2) is 4.98 Å². The summed E-state index contributed by atoms with van der Waals surface area (Å²) in [4.78, 5) is 20.3. The summed E-state index contributed by atoms with van der Waals surface area (Å²) in [5, 5.41) is 0. The Hall–Kier alpha value is -1.07. The van der Waals surface area contributed by atoms with Crippen LogP contribution in [0.4, 0.5) is 0 Å². The first kappa shape index (κ1) is 14.3. The van der Waals surface area contributed by atoms with Crippen LogP contribution in [-0.4, -0.2) is 9.97 Å². The SMILES string of the molecule is CCc1c(C)nc(CSc2ccc(Br)cc2)[nH]c1=O. The monoisotopic (exact) mass is 338 g/mol. The van der Waals surface area contributed by atoms with Crippen molar-refractivity contribution in [1.29, 1.82) is 0 Å². The molecule has 0 radical (unpaired) electrons. The van der Waals surface area contributed by atoms with Crippen molar-refractivity contribution in [2.75, 3.05) is 0 Å². The van der Waals surface area contributed by atoms with E-state index in [0.717, 1.165) is 26.4 Å². The van der Waals surface area contributed by atoms with E-state index in [-0.39, 0.29) is 5.56 Å². The summed E-state index contributed by atoms with van der Waals surface area (Å²) in [6, 6.07) is 8.09. The molecule has 0 fully saturated rings. The van der Waals surface area contributed by atoms with E-state index in [9.17, 15) is 4.79 Å². The lowest BCUT2D eigenvalue weighted by Gasteiger charge is -2.05. The first-order valence-electron chi connectivity index (χ1n) is 6.07. The smallest absolute Gasteiger partial charge is 0.254 e. The summed E-state index contributed by atoms with van der Waals surface area (Å²) < 4.78 is 1.06. The third-order valence-electron chi connectivity index (χ3n) is 2.81. The Balaban J connectivity index is 2.12. The molecule has 0 spiro atoms. The number of hydrogen-bond donors (Lipinski definition) is 1. The highest BCUT2D eigenvalue weighted by molar-refractivity contribution is 9.10. The van der Waals surface area contributed by atoms with Crippen molar-refractivity contribution in [2.45, 2.75) is 30.9 Å². The zero-order valence-corrected chi connectivity index (χ0v) is 13.3. The van der Waals surface area contributed by atoms with E-state index in [4.69, 9.17) is 0 Å². The Morgan fingerprint density at radius 2 is 2.00 bits per heavy atom. The van der Waals surface area contributed by atoms with Gasteiger partial charge in [-0.2, -0.15) is 0 Å². The van der Waals surface area contributed by atoms with Crippen LogP contribution in [0.3, 0.4) is 0 Å². The molecule has 1 aromatic carbocycles. The zero-order chi connectivity index (χ0) is 13.8. The van der Waals surface area contributed by atoms with Gasteiger partial charge in [0.15, 0.2) is 0 Å². The largest absolute Gasteiger partial charge is 0.310 e. The predicted molar refractivity (Wildman–Crippen MR) is 82.7 cm³/mol. The summed E-state index contributed by atoms with van der Waals surface area (Å²) >= 11 is 5.07. The number of thioether (sulfide) groups is 1. The van der Waals surface area contributed by atoms with Gasteiger partial charge in [0.25, 0.3) is 5.56 Å². The lowest BCUT2D eigenvalue weighted by molar-refractivity contribution is 0.907. The number of aromatic amines is 1. The second-order valence-electron chi connectivity index (χ2n) is 4.17. The summed E-state index contributed by atoms with van der Waals surface area (Å²) in [7, 11) is 0. The quantitative estimate of drug-likeness (QED) is 0.864. The van der Waals surface area contributed by atoms with Crippen LogP contribution in [0.2, 0.25) is 0 Å². The number of aryl methyl sites for hydroxylation is 1. The highest BCUT2D eigenvalue weighted by Crippen LogP contribution is 2.23. The van der Waals surface area contributed by atoms with Gasteiger partial charge in [-0.3, -0.25) is 4.79 Å². The Labute approximate surface area is 125 Å². The van der Waals surface area contributed by atoms with Crippen LogP contribution >= 0.6 is 27.7 Å². The first-order chi connectivity index (χ1) is 9.10. The van der Waals surface area contributed by atoms with E-state index in [0.29, 0.717) is 12.2 Å². The summed E-state index contributed by atoms with van der Waals surface area (Å²) in [5.74, 6) is 1.40. The maximum atomic E-state index is 11.8. The van der Waals surface area contributed by atoms with E-state index < -0.39 is 0 Å². The molecule has 2 rings (SSSR count). The van der Waals surface area contributed by atoms with Crippen molar-refractivity contribution >= 4 is 27.7 Å². The van der Waals surface area contributed by atoms with E-state index >= 15 is 0 Å². The molecule has 0 atom stereocenters. The molecule has 1 heterocycles. The third-order valence-corrected chi connectivity index (χ3v) is 4.37. The summed E-state index contributed by atoms with van der Waals surface area (Å²) in [5.41, 5.74) is 1.59. The van der Waals surface area contributed by atoms with E-state index in [1.54, 1.807) is 11.8 Å². The van der Waals surface area contributed by atoms with Crippen LogP contribution in [0, 0.1) is 6.92 Å². The van der Waals surface area contributed by atoms with E-state index in [1.807, 2.05) is 38.1 Å². The maximum Gasteiger partial charge on any atom is 0.254 e. The van der Waals surface area contributed by atoms with Crippen molar-refractivity contribution in [3.8, 4) is 0 Å². The predicted octanol–water partition coefficient (Wildman–Crippen LogP) is 3.70. The van der Waals surface area contributed by atoms with E-state index in [1.165, 1.54) is 0 Å². The molecule has 0 aliphatic heterocycles. The van der Waals surface area contributed by atoms with Crippen molar-refractivity contribution in [3.05, 3.63) is 56.2 Å². The minimum Gasteiger partial charge on any atom is -0.310 e. The number of H-pyrrole nitrogens is 1. The molecular formula is C14H15BrN2OS. The molecule has 0 amide bonds. The highest BCUT2D eigenvalue weighted by atomic mass is 79.9. The molecular weight excluding hydrogens is 324 g/mol. The number of hydrogen-bond acceptors (Lipinski definition) is 3. The number of aromatic nitrogens is 2. The molecule has 1 aromatic heterocycles. The van der Waals surface area contributed by atoms with Gasteiger partial charge in [0.05, 0.1) is 5.75 Å². The Morgan fingerprint density at radius 1 is 1.32 bits per heavy atom. The van der Waals surface area contributed by atoms with Crippen molar-refractivity contribution in [2.24, 2.45) is 0 Å². The molecule has 0 bridgehead atoms. The lowest BCUT2D eigenvalue weighted by Crippen LogP contribution is -2.18. The number of halogens is 1. The molecule has 1 N–H and O–H groups in total. The van der Waals surface area contributed by atoms with Crippen LogP contribution in [0.1, 0.15) is 24.0 Å². The fourth-order valence-corrected chi connectivity index (χ4v) is 2.87. The van der Waals surface area contributed by atoms with Gasteiger partial charge < -0.3 is 4.98 Å². The Bertz CT molecular complexity index is 622. The van der Waals surface area contributed by atoms with Gasteiger partial charge in [-0.1, -0.05) is 22.9 Å². The highest BCUT2D eigenvalue weighted by Gasteiger charge is 2.06. The van der Waals surface area contributed by atoms with Crippen LogP contribution in [0.25, 0.3) is 0 Å². The lowest BCUT2D eigenvalue weighted by atomic mass is 10.2. The number of rotatable bonds is 4. The molecule has 0 saturated carbocycles. The number of nitrogens with one attached hydrogen (secondary N) is 1. The maximum absolute atomic E-state index is 11.8. The minimum atomic E-state index is -0.0126. The summed E-state index contributed by atoms with van der Waals surface area (Å²) in [6.45, 7) is 3.86. The second kappa shape index (κ2) is 6.39. The van der Waals surface area contributed by atoms with Crippen LogP contribution < -0.4 is 5.56 Å². The molecule has 19 heavy (non-hydrogen) atoms. The average molecular weight is 339 g/mol. The Kier molecular flexibility index (Phi) is 4.82. The van der Waals surface area contributed by atoms with Gasteiger partial charge in [0.1, 0.15) is 5.82 Å². The van der Waals surface area contributed by atoms with Gasteiger partial charge in [0, 0.05) is 20.6 Å². The molecule has 2 aromatic rings. The van der Waals surface area contributed by atoms with Crippen LogP contribution in [0.5, 0.6) is 0 Å². The molecule has 0 aliphatic rings. The van der Waals surface area contributed by atoms with Crippen LogP contribution in [0.15, 0.2) is 38.4 Å². The van der Waals surface area contributed by atoms with Gasteiger partial charge in [-0.05, 0) is 37.6 Å². The zero-order valence-electron chi connectivity index (χ0n) is 10.9. The first-order valence-corrected chi connectivity index (χ1v) is 7.85. The molecule has 0 aliphatic carbocycles. The second-order valence-corrected chi connectivity index (χ2v) is 6.14. The molecule has 0 unspecified atom stereocenters. The van der Waals surface area contributed by atoms with Gasteiger partial charge >= 0.3 is 0 Å². The van der Waals surface area contributed by atoms with Crippen molar-refractivity contribution in [3.63, 3.8) is 0 Å². The minimum absolute atomic E-state index is 0.0126.